The van der Waals surface area contributed by atoms with Gasteiger partial charge in [0.1, 0.15) is 0 Å². The molecule has 0 saturated heterocycles. The molecule has 1 aliphatic carbocycles. The van der Waals surface area contributed by atoms with Crippen LogP contribution in [0.25, 0.3) is 0 Å². The fourth-order valence-electron chi connectivity index (χ4n) is 3.10. The van der Waals surface area contributed by atoms with Crippen LogP contribution in [0.1, 0.15) is 37.8 Å². The molecular formula is C16H24N2O2. The number of hydrogen-bond donors (Lipinski definition) is 1. The third-order valence-electron chi connectivity index (χ3n) is 4.57. The molecule has 0 radical (unpaired) electrons. The monoisotopic (exact) mass is 276 g/mol. The van der Waals surface area contributed by atoms with Crippen LogP contribution in [-0.4, -0.2) is 31.3 Å². The smallest absolute Gasteiger partial charge is 0.231 e. The third kappa shape index (κ3) is 2.63. The molecular weight excluding hydrogens is 252 g/mol. The number of nitrogens with zero attached hydrogens (tertiary/aromatic N) is 1. The first-order valence-electron chi connectivity index (χ1n) is 7.65. The van der Waals surface area contributed by atoms with Gasteiger partial charge < -0.3 is 15.2 Å². The molecule has 2 N–H and O–H groups in total. The van der Waals surface area contributed by atoms with Crippen molar-refractivity contribution in [2.75, 3.05) is 26.4 Å². The van der Waals surface area contributed by atoms with Crippen LogP contribution >= 0.6 is 0 Å². The molecule has 1 saturated carbocycles. The summed E-state index contributed by atoms with van der Waals surface area (Å²) in [5.41, 5.74) is 7.28. The van der Waals surface area contributed by atoms with Crippen molar-refractivity contribution >= 4 is 0 Å². The Hall–Kier alpha value is -1.26. The van der Waals surface area contributed by atoms with Crippen LogP contribution in [0.5, 0.6) is 11.5 Å². The van der Waals surface area contributed by atoms with Crippen LogP contribution in [0.2, 0.25) is 0 Å². The van der Waals surface area contributed by atoms with Crippen LogP contribution in [0, 0.1) is 5.92 Å². The number of hydrogen-bond acceptors (Lipinski definition) is 4. The fourth-order valence-corrected chi connectivity index (χ4v) is 3.10. The second-order valence-corrected chi connectivity index (χ2v) is 5.75. The number of likely N-dealkylation sites (N-methyl/N-ethyl adjacent to an activating group) is 1. The Bertz CT molecular complexity index is 460. The summed E-state index contributed by atoms with van der Waals surface area (Å²) in [5, 5.41) is 0. The average Bonchev–Trinajstić information content (AvgIpc) is 2.88. The molecule has 0 amide bonds. The topological polar surface area (TPSA) is 47.7 Å². The number of rotatable bonds is 6. The maximum Gasteiger partial charge on any atom is 0.231 e. The zero-order valence-electron chi connectivity index (χ0n) is 12.2. The van der Waals surface area contributed by atoms with Crippen molar-refractivity contribution in [1.29, 1.82) is 0 Å². The van der Waals surface area contributed by atoms with Crippen LogP contribution in [0.15, 0.2) is 18.2 Å². The summed E-state index contributed by atoms with van der Waals surface area (Å²) < 4.78 is 10.9. The zero-order valence-corrected chi connectivity index (χ0v) is 12.2. The minimum absolute atomic E-state index is 0.273. The fraction of sp³-hybridized carbons (Fsp3) is 0.625. The lowest BCUT2D eigenvalue weighted by Crippen LogP contribution is -2.38. The summed E-state index contributed by atoms with van der Waals surface area (Å²) in [7, 11) is 0. The van der Waals surface area contributed by atoms with E-state index >= 15 is 0 Å². The van der Waals surface area contributed by atoms with Gasteiger partial charge in [0, 0.05) is 19.1 Å². The highest BCUT2D eigenvalue weighted by molar-refractivity contribution is 5.45. The van der Waals surface area contributed by atoms with E-state index in [0.29, 0.717) is 13.3 Å². The first kappa shape index (κ1) is 13.7. The van der Waals surface area contributed by atoms with Crippen molar-refractivity contribution in [1.82, 2.24) is 4.90 Å². The van der Waals surface area contributed by atoms with Gasteiger partial charge >= 0.3 is 0 Å². The molecule has 1 aromatic carbocycles. The molecule has 110 valence electrons. The number of benzene rings is 1. The number of fused-ring (bicyclic) bond motifs is 1. The first-order valence-corrected chi connectivity index (χ1v) is 7.65. The zero-order chi connectivity index (χ0) is 13.9. The molecule has 1 fully saturated rings. The molecule has 1 heterocycles. The lowest BCUT2D eigenvalue weighted by atomic mass is 9.84. The quantitative estimate of drug-likeness (QED) is 0.867. The van der Waals surface area contributed by atoms with Crippen LogP contribution < -0.4 is 15.2 Å². The summed E-state index contributed by atoms with van der Waals surface area (Å²) in [5.74, 6) is 2.55. The van der Waals surface area contributed by atoms with E-state index in [4.69, 9.17) is 15.2 Å². The van der Waals surface area contributed by atoms with Crippen LogP contribution in [0.3, 0.4) is 0 Å². The van der Waals surface area contributed by atoms with Crippen molar-refractivity contribution in [3.05, 3.63) is 23.8 Å². The summed E-state index contributed by atoms with van der Waals surface area (Å²) in [6.45, 7) is 5.37. The molecule has 1 atom stereocenters. The molecule has 3 rings (SSSR count). The van der Waals surface area contributed by atoms with Gasteiger partial charge in [0.2, 0.25) is 6.79 Å². The van der Waals surface area contributed by atoms with Crippen molar-refractivity contribution in [3.63, 3.8) is 0 Å². The Morgan fingerprint density at radius 3 is 2.75 bits per heavy atom. The molecule has 1 aromatic rings. The summed E-state index contributed by atoms with van der Waals surface area (Å²) in [4.78, 5) is 2.50. The van der Waals surface area contributed by atoms with Crippen molar-refractivity contribution < 1.29 is 9.47 Å². The van der Waals surface area contributed by atoms with Crippen LogP contribution in [0.4, 0.5) is 0 Å². The lowest BCUT2D eigenvalue weighted by molar-refractivity contribution is 0.141. The molecule has 20 heavy (non-hydrogen) atoms. The molecule has 0 bridgehead atoms. The molecule has 0 aromatic heterocycles. The Morgan fingerprint density at radius 1 is 1.30 bits per heavy atom. The second kappa shape index (κ2) is 6.02. The maximum atomic E-state index is 6.05. The van der Waals surface area contributed by atoms with Gasteiger partial charge in [0.05, 0.1) is 0 Å². The van der Waals surface area contributed by atoms with Gasteiger partial charge in [0.15, 0.2) is 11.5 Å². The van der Waals surface area contributed by atoms with E-state index in [9.17, 15) is 0 Å². The van der Waals surface area contributed by atoms with Crippen molar-refractivity contribution in [3.8, 4) is 11.5 Å². The minimum Gasteiger partial charge on any atom is -0.454 e. The Balaban J connectivity index is 1.76. The minimum atomic E-state index is 0.273. The molecule has 1 aliphatic heterocycles. The summed E-state index contributed by atoms with van der Waals surface area (Å²) in [6, 6.07) is 6.48. The van der Waals surface area contributed by atoms with Gasteiger partial charge in [-0.05, 0) is 43.0 Å². The van der Waals surface area contributed by atoms with Crippen LogP contribution in [-0.2, 0) is 0 Å². The van der Waals surface area contributed by atoms with E-state index < -0.39 is 0 Å². The largest absolute Gasteiger partial charge is 0.454 e. The molecule has 0 spiro atoms. The van der Waals surface area contributed by atoms with Gasteiger partial charge in [-0.1, -0.05) is 19.4 Å². The highest BCUT2D eigenvalue weighted by Gasteiger charge is 2.26. The normalized spacial score (nSPS) is 19.1. The van der Waals surface area contributed by atoms with E-state index in [1.807, 2.05) is 6.07 Å². The standard InChI is InChI=1S/C16H24N2O2/c1-2-18(10-12-4-3-5-12)14(9-17)13-6-7-15-16(8-13)20-11-19-15/h6-8,12,14H,2-5,9-11,17H2,1H3. The Labute approximate surface area is 120 Å². The lowest BCUT2D eigenvalue weighted by Gasteiger charge is -2.36. The molecule has 4 nitrogen and oxygen atoms in total. The SMILES string of the molecule is CCN(CC1CCC1)C(CN)c1ccc2c(c1)OCO2. The van der Waals surface area contributed by atoms with E-state index in [1.54, 1.807) is 0 Å². The van der Waals surface area contributed by atoms with E-state index in [2.05, 4.69) is 24.0 Å². The van der Waals surface area contributed by atoms with Gasteiger partial charge in [-0.2, -0.15) is 0 Å². The molecule has 2 aliphatic rings. The third-order valence-corrected chi connectivity index (χ3v) is 4.57. The van der Waals surface area contributed by atoms with Gasteiger partial charge in [-0.25, -0.2) is 0 Å². The maximum absolute atomic E-state index is 6.05. The predicted octanol–water partition coefficient (Wildman–Crippen LogP) is 2.54. The Morgan fingerprint density at radius 2 is 2.10 bits per heavy atom. The van der Waals surface area contributed by atoms with Gasteiger partial charge in [0.25, 0.3) is 0 Å². The summed E-state index contributed by atoms with van der Waals surface area (Å²) in [6.07, 6.45) is 4.13. The van der Waals surface area contributed by atoms with Gasteiger partial charge in [-0.15, -0.1) is 0 Å². The van der Waals surface area contributed by atoms with Crippen molar-refractivity contribution in [2.45, 2.75) is 32.2 Å². The Kier molecular flexibility index (Phi) is 4.13. The summed E-state index contributed by atoms with van der Waals surface area (Å²) >= 11 is 0. The van der Waals surface area contributed by atoms with E-state index in [1.165, 1.54) is 24.8 Å². The number of nitrogens with two attached hydrogens (primary N) is 1. The number of ether oxygens (including phenoxy) is 2. The van der Waals surface area contributed by atoms with E-state index in [-0.39, 0.29) is 6.04 Å². The van der Waals surface area contributed by atoms with Gasteiger partial charge in [-0.3, -0.25) is 4.90 Å². The van der Waals surface area contributed by atoms with Crippen molar-refractivity contribution in [2.24, 2.45) is 11.7 Å². The molecule has 1 unspecified atom stereocenters. The predicted molar refractivity (Wildman–Crippen MR) is 78.9 cm³/mol. The highest BCUT2D eigenvalue weighted by atomic mass is 16.7. The molecule has 4 heteroatoms. The highest BCUT2D eigenvalue weighted by Crippen LogP contribution is 2.36. The average molecular weight is 276 g/mol. The second-order valence-electron chi connectivity index (χ2n) is 5.75. The first-order chi connectivity index (χ1) is 9.81. The van der Waals surface area contributed by atoms with E-state index in [0.717, 1.165) is 30.5 Å².